The van der Waals surface area contributed by atoms with Gasteiger partial charge in [0.25, 0.3) is 6.02 Å². The first-order valence-corrected chi connectivity index (χ1v) is 9.71. The highest BCUT2D eigenvalue weighted by atomic mass is 19.4. The monoisotopic (exact) mass is 461 g/mol. The van der Waals surface area contributed by atoms with E-state index in [9.17, 15) is 22.4 Å². The van der Waals surface area contributed by atoms with E-state index in [2.05, 4.69) is 15.3 Å². The maximum Gasteiger partial charge on any atom is 0.415 e. The van der Waals surface area contributed by atoms with Gasteiger partial charge in [-0.3, -0.25) is 9.79 Å². The van der Waals surface area contributed by atoms with Gasteiger partial charge in [0.15, 0.2) is 12.5 Å². The molecule has 1 saturated heterocycles. The summed E-state index contributed by atoms with van der Waals surface area (Å²) in [6.45, 7) is 1.08. The number of anilines is 1. The molecule has 0 aromatic heterocycles. The lowest BCUT2D eigenvalue weighted by Crippen LogP contribution is -2.48. The molecule has 32 heavy (non-hydrogen) atoms. The second-order valence-electron chi connectivity index (χ2n) is 7.28. The Bertz CT molecular complexity index is 910. The van der Waals surface area contributed by atoms with Gasteiger partial charge in [0, 0.05) is 11.3 Å². The molecule has 2 heterocycles. The van der Waals surface area contributed by atoms with Crippen LogP contribution in [0, 0.1) is 11.7 Å². The highest BCUT2D eigenvalue weighted by Crippen LogP contribution is 2.50. The zero-order valence-corrected chi connectivity index (χ0v) is 17.1. The number of aliphatic imine (C=N–C) groups is 2. The predicted molar refractivity (Wildman–Crippen MR) is 107 cm³/mol. The number of halogens is 4. The number of hydrogen-bond donors (Lipinski definition) is 3. The maximum absolute atomic E-state index is 14.8. The summed E-state index contributed by atoms with van der Waals surface area (Å²) in [6.07, 6.45) is -5.75. The van der Waals surface area contributed by atoms with Gasteiger partial charge >= 0.3 is 6.18 Å². The lowest BCUT2D eigenvalue weighted by atomic mass is 9.77. The number of alkyl halides is 3. The van der Waals surface area contributed by atoms with Crippen LogP contribution in [-0.4, -0.2) is 63.0 Å². The van der Waals surface area contributed by atoms with Gasteiger partial charge in [-0.15, -0.1) is 0 Å². The number of fused-ring (bicyclic) bond motifs is 1. The molecule has 1 fully saturated rings. The van der Waals surface area contributed by atoms with Crippen LogP contribution in [0.1, 0.15) is 12.5 Å². The summed E-state index contributed by atoms with van der Waals surface area (Å²) in [5.74, 6) is -2.83. The molecule has 3 rings (SSSR count). The lowest BCUT2D eigenvalue weighted by molar-refractivity contribution is -0.219. The SMILES string of the molecule is CCOC=NCC(N)C(=O)Nc1ccc(F)c(C23COC(C(F)(F)F)C2COC(N)=N3)c1. The Morgan fingerprint density at radius 2 is 2.25 bits per heavy atom. The number of nitrogens with zero attached hydrogens (tertiary/aromatic N) is 2. The Balaban J connectivity index is 1.87. The van der Waals surface area contributed by atoms with Crippen molar-refractivity contribution in [1.29, 1.82) is 0 Å². The minimum absolute atomic E-state index is 0.0643. The van der Waals surface area contributed by atoms with Crippen molar-refractivity contribution in [3.05, 3.63) is 29.6 Å². The first-order valence-electron chi connectivity index (χ1n) is 9.71. The molecule has 4 atom stereocenters. The number of carbonyl (C=O) groups is 1. The van der Waals surface area contributed by atoms with E-state index in [1.807, 2.05) is 0 Å². The zero-order chi connectivity index (χ0) is 23.5. The number of benzene rings is 1. The highest BCUT2D eigenvalue weighted by Gasteiger charge is 2.62. The Morgan fingerprint density at radius 3 is 2.94 bits per heavy atom. The largest absolute Gasteiger partial charge is 0.484 e. The topological polar surface area (TPSA) is 134 Å². The van der Waals surface area contributed by atoms with Crippen molar-refractivity contribution in [2.45, 2.75) is 30.8 Å². The van der Waals surface area contributed by atoms with Gasteiger partial charge in [-0.2, -0.15) is 13.2 Å². The molecule has 0 spiro atoms. The van der Waals surface area contributed by atoms with E-state index >= 15 is 0 Å². The summed E-state index contributed by atoms with van der Waals surface area (Å²) in [5, 5.41) is 2.50. The van der Waals surface area contributed by atoms with E-state index in [1.54, 1.807) is 6.92 Å². The smallest absolute Gasteiger partial charge is 0.415 e. The minimum atomic E-state index is -4.71. The van der Waals surface area contributed by atoms with E-state index in [0.29, 0.717) is 6.61 Å². The van der Waals surface area contributed by atoms with Crippen molar-refractivity contribution in [3.63, 3.8) is 0 Å². The molecular formula is C19H23F4N5O4. The molecule has 13 heteroatoms. The third kappa shape index (κ3) is 4.78. The van der Waals surface area contributed by atoms with Crippen molar-refractivity contribution in [3.8, 4) is 0 Å². The van der Waals surface area contributed by atoms with Crippen LogP contribution in [0.5, 0.6) is 0 Å². The first-order chi connectivity index (χ1) is 15.1. The van der Waals surface area contributed by atoms with Crippen LogP contribution in [0.4, 0.5) is 23.2 Å². The Hall–Kier alpha value is -2.93. The fraction of sp³-hybridized carbons (Fsp3) is 0.526. The van der Waals surface area contributed by atoms with E-state index in [-0.39, 0.29) is 23.8 Å². The molecular weight excluding hydrogens is 438 g/mol. The summed E-state index contributed by atoms with van der Waals surface area (Å²) >= 11 is 0. The predicted octanol–water partition coefficient (Wildman–Crippen LogP) is 1.27. The molecule has 9 nitrogen and oxygen atoms in total. The maximum atomic E-state index is 14.8. The van der Waals surface area contributed by atoms with Crippen LogP contribution in [0.2, 0.25) is 0 Å². The van der Waals surface area contributed by atoms with Crippen LogP contribution < -0.4 is 16.8 Å². The quantitative estimate of drug-likeness (QED) is 0.318. The number of nitrogens with two attached hydrogens (primary N) is 2. The van der Waals surface area contributed by atoms with Crippen LogP contribution in [0.3, 0.4) is 0 Å². The molecule has 2 aliphatic rings. The molecule has 1 amide bonds. The summed E-state index contributed by atoms with van der Waals surface area (Å²) in [4.78, 5) is 20.2. The number of nitrogens with one attached hydrogen (secondary N) is 1. The van der Waals surface area contributed by atoms with Crippen molar-refractivity contribution in [1.82, 2.24) is 0 Å². The Kier molecular flexibility index (Phi) is 6.88. The number of amidine groups is 1. The molecule has 0 saturated carbocycles. The number of rotatable bonds is 7. The average molecular weight is 461 g/mol. The number of amides is 1. The van der Waals surface area contributed by atoms with Crippen LogP contribution in [0.25, 0.3) is 0 Å². The van der Waals surface area contributed by atoms with Gasteiger partial charge in [-0.25, -0.2) is 9.38 Å². The van der Waals surface area contributed by atoms with Gasteiger partial charge in [-0.1, -0.05) is 0 Å². The van der Waals surface area contributed by atoms with E-state index in [4.69, 9.17) is 25.7 Å². The molecule has 1 aromatic rings. The van der Waals surface area contributed by atoms with E-state index < -0.39 is 54.7 Å². The molecule has 2 aliphatic heterocycles. The summed E-state index contributed by atoms with van der Waals surface area (Å²) in [5.41, 5.74) is 9.51. The average Bonchev–Trinajstić information content (AvgIpc) is 3.12. The van der Waals surface area contributed by atoms with Gasteiger partial charge in [0.1, 0.15) is 17.4 Å². The minimum Gasteiger partial charge on any atom is -0.484 e. The third-order valence-corrected chi connectivity index (χ3v) is 5.16. The Labute approximate surface area is 180 Å². The van der Waals surface area contributed by atoms with Crippen LogP contribution in [-0.2, 0) is 24.5 Å². The molecule has 0 bridgehead atoms. The first kappa shape index (κ1) is 23.7. The van der Waals surface area contributed by atoms with Gasteiger partial charge in [0.05, 0.1) is 32.3 Å². The third-order valence-electron chi connectivity index (χ3n) is 5.16. The molecule has 5 N–H and O–H groups in total. The van der Waals surface area contributed by atoms with Crippen molar-refractivity contribution < 1.29 is 36.6 Å². The van der Waals surface area contributed by atoms with Crippen molar-refractivity contribution >= 4 is 24.0 Å². The summed E-state index contributed by atoms with van der Waals surface area (Å²) in [7, 11) is 0. The fourth-order valence-electron chi connectivity index (χ4n) is 3.63. The number of carbonyl (C=O) groups excluding carboxylic acids is 1. The number of ether oxygens (including phenoxy) is 3. The van der Waals surface area contributed by atoms with E-state index in [1.165, 1.54) is 18.5 Å². The zero-order valence-electron chi connectivity index (χ0n) is 17.1. The summed E-state index contributed by atoms with van der Waals surface area (Å²) in [6, 6.07) is 2.04. The normalized spacial score (nSPS) is 26.2. The van der Waals surface area contributed by atoms with Gasteiger partial charge in [-0.05, 0) is 25.1 Å². The lowest BCUT2D eigenvalue weighted by Gasteiger charge is -2.36. The van der Waals surface area contributed by atoms with Crippen molar-refractivity contribution in [2.24, 2.45) is 27.4 Å². The molecule has 4 unspecified atom stereocenters. The summed E-state index contributed by atoms with van der Waals surface area (Å²) < 4.78 is 70.1. The molecule has 1 aromatic carbocycles. The molecule has 0 radical (unpaired) electrons. The highest BCUT2D eigenvalue weighted by molar-refractivity contribution is 5.95. The van der Waals surface area contributed by atoms with Gasteiger partial charge in [0.2, 0.25) is 5.91 Å². The van der Waals surface area contributed by atoms with Gasteiger partial charge < -0.3 is 31.0 Å². The van der Waals surface area contributed by atoms with Crippen molar-refractivity contribution in [2.75, 3.05) is 31.7 Å². The number of hydrogen-bond acceptors (Lipinski definition) is 8. The molecule has 176 valence electrons. The van der Waals surface area contributed by atoms with E-state index in [0.717, 1.165) is 6.07 Å². The Morgan fingerprint density at radius 1 is 1.50 bits per heavy atom. The molecule has 0 aliphatic carbocycles. The standard InChI is InChI=1S/C19H23F4N5O4/c1-2-30-9-26-6-14(24)16(29)27-10-3-4-13(20)11(5-10)18-8-32-15(19(21,22)23)12(18)7-31-17(25)28-18/h3-5,9,12,14-15H,2,6-8,24H2,1H3,(H2,25,28)(H,27,29). The second kappa shape index (κ2) is 9.28. The second-order valence-corrected chi connectivity index (χ2v) is 7.28. The fourth-order valence-corrected chi connectivity index (χ4v) is 3.63. The van der Waals surface area contributed by atoms with Crippen LogP contribution in [0.15, 0.2) is 28.2 Å². The van der Waals surface area contributed by atoms with Crippen LogP contribution >= 0.6 is 0 Å².